The Kier molecular flexibility index (Phi) is 8.74. The minimum Gasteiger partial charge on any atom is -0.333 e. The van der Waals surface area contributed by atoms with Crippen molar-refractivity contribution in [3.8, 4) is 0 Å². The zero-order valence-electron chi connectivity index (χ0n) is 18.3. The van der Waals surface area contributed by atoms with Gasteiger partial charge in [-0.05, 0) is 44.4 Å². The molecule has 6 nitrogen and oxygen atoms in total. The molecule has 0 aliphatic heterocycles. The molecule has 0 fully saturated rings. The smallest absolute Gasteiger partial charge is 0.244 e. The fourth-order valence-corrected chi connectivity index (χ4v) is 3.63. The third kappa shape index (κ3) is 6.47. The SMILES string of the molecule is CCCN(CC(=O)Nc1cc(Cl)ccc1Cl)C(=O)Cc1c(C)nn(CC(C)C)c1C. The molecule has 0 aliphatic rings. The van der Waals surface area contributed by atoms with E-state index in [1.807, 2.05) is 25.5 Å². The molecule has 1 aromatic carbocycles. The van der Waals surface area contributed by atoms with Gasteiger partial charge in [0.05, 0.1) is 29.4 Å². The lowest BCUT2D eigenvalue weighted by Crippen LogP contribution is -2.39. The van der Waals surface area contributed by atoms with E-state index in [2.05, 4.69) is 24.3 Å². The Bertz CT molecular complexity index is 909. The van der Waals surface area contributed by atoms with Gasteiger partial charge >= 0.3 is 0 Å². The average molecular weight is 453 g/mol. The molecule has 1 aromatic heterocycles. The van der Waals surface area contributed by atoms with E-state index in [4.69, 9.17) is 23.2 Å². The quantitative estimate of drug-likeness (QED) is 0.588. The molecule has 2 amide bonds. The summed E-state index contributed by atoms with van der Waals surface area (Å²) in [4.78, 5) is 27.1. The fourth-order valence-electron chi connectivity index (χ4n) is 3.29. The Labute approximate surface area is 188 Å². The molecule has 164 valence electrons. The van der Waals surface area contributed by atoms with E-state index >= 15 is 0 Å². The molecule has 30 heavy (non-hydrogen) atoms. The number of nitrogens with zero attached hydrogens (tertiary/aromatic N) is 3. The van der Waals surface area contributed by atoms with E-state index in [-0.39, 0.29) is 24.8 Å². The molecular formula is C22H30Cl2N4O2. The highest BCUT2D eigenvalue weighted by atomic mass is 35.5. The Morgan fingerprint density at radius 2 is 1.93 bits per heavy atom. The number of halogens is 2. The van der Waals surface area contributed by atoms with Crippen LogP contribution < -0.4 is 5.32 Å². The number of anilines is 1. The number of amides is 2. The van der Waals surface area contributed by atoms with Crippen molar-refractivity contribution in [2.75, 3.05) is 18.4 Å². The lowest BCUT2D eigenvalue weighted by Gasteiger charge is -2.22. The zero-order chi connectivity index (χ0) is 22.4. The number of carbonyl (C=O) groups excluding carboxylic acids is 2. The molecule has 0 atom stereocenters. The molecule has 2 rings (SSSR count). The third-order valence-electron chi connectivity index (χ3n) is 4.78. The number of rotatable bonds is 9. The molecule has 1 heterocycles. The number of hydrogen-bond acceptors (Lipinski definition) is 3. The predicted octanol–water partition coefficient (Wildman–Crippen LogP) is 4.88. The van der Waals surface area contributed by atoms with Crippen molar-refractivity contribution in [2.45, 2.75) is 54.0 Å². The monoisotopic (exact) mass is 452 g/mol. The first-order chi connectivity index (χ1) is 14.1. The number of nitrogens with one attached hydrogen (secondary N) is 1. The van der Waals surface area contributed by atoms with Crippen LogP contribution in [-0.2, 0) is 22.6 Å². The van der Waals surface area contributed by atoms with Gasteiger partial charge < -0.3 is 10.2 Å². The van der Waals surface area contributed by atoms with Crippen LogP contribution in [0.5, 0.6) is 0 Å². The summed E-state index contributed by atoms with van der Waals surface area (Å²) in [6.07, 6.45) is 0.975. The van der Waals surface area contributed by atoms with E-state index in [1.165, 1.54) is 0 Å². The van der Waals surface area contributed by atoms with Crippen molar-refractivity contribution in [1.29, 1.82) is 0 Å². The maximum atomic E-state index is 13.0. The molecule has 1 N–H and O–H groups in total. The maximum absolute atomic E-state index is 13.0. The minimum atomic E-state index is -0.315. The largest absolute Gasteiger partial charge is 0.333 e. The van der Waals surface area contributed by atoms with Gasteiger partial charge in [0, 0.05) is 29.4 Å². The molecule has 0 aliphatic carbocycles. The number of carbonyl (C=O) groups is 2. The Morgan fingerprint density at radius 1 is 1.23 bits per heavy atom. The normalized spacial score (nSPS) is 11.1. The van der Waals surface area contributed by atoms with Gasteiger partial charge in [-0.15, -0.1) is 0 Å². The molecule has 0 radical (unpaired) electrons. The van der Waals surface area contributed by atoms with Gasteiger partial charge in [-0.1, -0.05) is 44.0 Å². The lowest BCUT2D eigenvalue weighted by molar-refractivity contribution is -0.134. The second kappa shape index (κ2) is 10.8. The summed E-state index contributed by atoms with van der Waals surface area (Å²) >= 11 is 12.1. The predicted molar refractivity (Wildman–Crippen MR) is 122 cm³/mol. The lowest BCUT2D eigenvalue weighted by atomic mass is 10.1. The summed E-state index contributed by atoms with van der Waals surface area (Å²) < 4.78 is 1.96. The molecular weight excluding hydrogens is 423 g/mol. The van der Waals surface area contributed by atoms with Crippen LogP contribution >= 0.6 is 23.2 Å². The Morgan fingerprint density at radius 3 is 2.57 bits per heavy atom. The van der Waals surface area contributed by atoms with E-state index in [1.54, 1.807) is 23.1 Å². The second-order valence-corrected chi connectivity index (χ2v) is 8.73. The van der Waals surface area contributed by atoms with Crippen LogP contribution in [0.1, 0.15) is 44.1 Å². The first kappa shape index (κ1) is 24.2. The van der Waals surface area contributed by atoms with Crippen molar-refractivity contribution in [3.05, 3.63) is 45.2 Å². The van der Waals surface area contributed by atoms with Gasteiger partial charge in [-0.25, -0.2) is 0 Å². The highest BCUT2D eigenvalue weighted by Crippen LogP contribution is 2.25. The Hall–Kier alpha value is -2.05. The van der Waals surface area contributed by atoms with Crippen LogP contribution in [0, 0.1) is 19.8 Å². The van der Waals surface area contributed by atoms with Gasteiger partial charge in [0.1, 0.15) is 0 Å². The van der Waals surface area contributed by atoms with E-state index in [0.717, 1.165) is 29.9 Å². The maximum Gasteiger partial charge on any atom is 0.244 e. The molecule has 8 heteroatoms. The summed E-state index contributed by atoms with van der Waals surface area (Å²) in [5.74, 6) is 0.0505. The third-order valence-corrected chi connectivity index (χ3v) is 5.35. The van der Waals surface area contributed by atoms with E-state index in [0.29, 0.717) is 28.2 Å². The number of hydrogen-bond donors (Lipinski definition) is 1. The number of benzene rings is 1. The summed E-state index contributed by atoms with van der Waals surface area (Å²) in [6, 6.07) is 4.86. The standard InChI is InChI=1S/C22H30Cl2N4O2/c1-6-9-27(13-21(29)25-20-10-17(23)7-8-19(20)24)22(30)11-18-15(4)26-28(16(18)5)12-14(2)3/h7-8,10,14H,6,9,11-13H2,1-5H3,(H,25,29). The Balaban J connectivity index is 2.10. The van der Waals surface area contributed by atoms with Crippen molar-refractivity contribution in [2.24, 2.45) is 5.92 Å². The van der Waals surface area contributed by atoms with Gasteiger partial charge in [-0.3, -0.25) is 14.3 Å². The zero-order valence-corrected chi connectivity index (χ0v) is 19.8. The van der Waals surface area contributed by atoms with Crippen LogP contribution in [0.15, 0.2) is 18.2 Å². The van der Waals surface area contributed by atoms with Gasteiger partial charge in [-0.2, -0.15) is 5.10 Å². The fraction of sp³-hybridized carbons (Fsp3) is 0.500. The van der Waals surface area contributed by atoms with Gasteiger partial charge in [0.25, 0.3) is 0 Å². The van der Waals surface area contributed by atoms with Crippen molar-refractivity contribution in [3.63, 3.8) is 0 Å². The molecule has 0 spiro atoms. The van der Waals surface area contributed by atoms with Crippen LogP contribution in [0.4, 0.5) is 5.69 Å². The van der Waals surface area contributed by atoms with Crippen molar-refractivity contribution < 1.29 is 9.59 Å². The summed E-state index contributed by atoms with van der Waals surface area (Å²) in [5, 5.41) is 8.19. The summed E-state index contributed by atoms with van der Waals surface area (Å²) in [6.45, 7) is 11.4. The van der Waals surface area contributed by atoms with Gasteiger partial charge in [0.2, 0.25) is 11.8 Å². The number of aryl methyl sites for hydroxylation is 1. The second-order valence-electron chi connectivity index (χ2n) is 7.89. The van der Waals surface area contributed by atoms with Crippen molar-refractivity contribution in [1.82, 2.24) is 14.7 Å². The van der Waals surface area contributed by atoms with E-state index in [9.17, 15) is 9.59 Å². The highest BCUT2D eigenvalue weighted by molar-refractivity contribution is 6.35. The average Bonchev–Trinajstić information content (AvgIpc) is 2.91. The molecule has 0 bridgehead atoms. The van der Waals surface area contributed by atoms with Crippen LogP contribution in [0.2, 0.25) is 10.0 Å². The molecule has 2 aromatic rings. The van der Waals surface area contributed by atoms with Gasteiger partial charge in [0.15, 0.2) is 0 Å². The highest BCUT2D eigenvalue weighted by Gasteiger charge is 2.21. The first-order valence-corrected chi connectivity index (χ1v) is 10.9. The minimum absolute atomic E-state index is 0.0479. The van der Waals surface area contributed by atoms with Crippen LogP contribution in [0.25, 0.3) is 0 Å². The summed E-state index contributed by atoms with van der Waals surface area (Å²) in [7, 11) is 0. The van der Waals surface area contributed by atoms with E-state index < -0.39 is 0 Å². The molecule has 0 unspecified atom stereocenters. The van der Waals surface area contributed by atoms with Crippen LogP contribution in [-0.4, -0.2) is 39.6 Å². The van der Waals surface area contributed by atoms with Crippen molar-refractivity contribution >= 4 is 40.7 Å². The molecule has 0 saturated heterocycles. The molecule has 0 saturated carbocycles. The topological polar surface area (TPSA) is 67.2 Å². The van der Waals surface area contributed by atoms with Crippen LogP contribution in [0.3, 0.4) is 0 Å². The number of aromatic nitrogens is 2. The first-order valence-electron chi connectivity index (χ1n) is 10.2. The summed E-state index contributed by atoms with van der Waals surface area (Å²) in [5.41, 5.74) is 3.22.